The van der Waals surface area contributed by atoms with Gasteiger partial charge in [0.25, 0.3) is 0 Å². The molecular weight excluding hydrogens is 260 g/mol. The molecule has 0 bridgehead atoms. The van der Waals surface area contributed by atoms with Crippen molar-refractivity contribution in [2.24, 2.45) is 5.92 Å². The number of nitrogens with one attached hydrogen (secondary N) is 1. The van der Waals surface area contributed by atoms with Gasteiger partial charge in [-0.1, -0.05) is 6.92 Å². The van der Waals surface area contributed by atoms with Gasteiger partial charge in [0.1, 0.15) is 0 Å². The van der Waals surface area contributed by atoms with Gasteiger partial charge >= 0.3 is 0 Å². The summed E-state index contributed by atoms with van der Waals surface area (Å²) in [6.45, 7) is 10.2. The van der Waals surface area contributed by atoms with Crippen LogP contribution in [0.2, 0.25) is 0 Å². The van der Waals surface area contributed by atoms with E-state index in [2.05, 4.69) is 39.9 Å². The first-order valence-electron chi connectivity index (χ1n) is 8.79. The molecule has 4 heteroatoms. The lowest BCUT2D eigenvalue weighted by Gasteiger charge is -2.32. The smallest absolute Gasteiger partial charge is 0.0625 e. The number of nitrogens with zero attached hydrogens (tertiary/aromatic N) is 3. The number of hydrogen-bond donors (Lipinski definition) is 1. The molecule has 0 aromatic carbocycles. The number of likely N-dealkylation sites (tertiary alicyclic amines) is 1. The summed E-state index contributed by atoms with van der Waals surface area (Å²) in [5.74, 6) is 0.893. The Hall–Kier alpha value is -0.870. The minimum atomic E-state index is 0.856. The van der Waals surface area contributed by atoms with Crippen molar-refractivity contribution in [1.82, 2.24) is 20.0 Å². The van der Waals surface area contributed by atoms with Gasteiger partial charge in [-0.05, 0) is 70.6 Å². The summed E-state index contributed by atoms with van der Waals surface area (Å²) >= 11 is 0. The first kappa shape index (κ1) is 15.0. The quantitative estimate of drug-likeness (QED) is 0.837. The highest BCUT2D eigenvalue weighted by Gasteiger charge is 2.24. The minimum absolute atomic E-state index is 0.856. The monoisotopic (exact) mass is 290 g/mol. The predicted molar refractivity (Wildman–Crippen MR) is 86.3 cm³/mol. The molecule has 0 amide bonds. The standard InChI is InChI=1S/C17H30N4/c1-3-15-11-17(21(4-2)19-15)13-20-9-7-14(8-10-20)12-18-16-5-6-16/h11,14,16,18H,3-10,12-13H2,1-2H3. The molecule has 1 N–H and O–H groups in total. The molecule has 2 aliphatic rings. The van der Waals surface area contributed by atoms with Crippen LogP contribution in [0.15, 0.2) is 6.07 Å². The van der Waals surface area contributed by atoms with Crippen molar-refractivity contribution in [1.29, 1.82) is 0 Å². The zero-order valence-corrected chi connectivity index (χ0v) is 13.6. The zero-order chi connectivity index (χ0) is 14.7. The normalized spacial score (nSPS) is 21.0. The van der Waals surface area contributed by atoms with Crippen LogP contribution in [-0.4, -0.2) is 40.4 Å². The van der Waals surface area contributed by atoms with E-state index in [1.807, 2.05) is 0 Å². The predicted octanol–water partition coefficient (Wildman–Crippen LogP) is 2.43. The largest absolute Gasteiger partial charge is 0.314 e. The summed E-state index contributed by atoms with van der Waals surface area (Å²) in [7, 11) is 0. The highest BCUT2D eigenvalue weighted by Crippen LogP contribution is 2.22. The van der Waals surface area contributed by atoms with Gasteiger partial charge < -0.3 is 5.32 Å². The van der Waals surface area contributed by atoms with Gasteiger partial charge in [-0.3, -0.25) is 9.58 Å². The van der Waals surface area contributed by atoms with Gasteiger partial charge in [-0.15, -0.1) is 0 Å². The molecule has 1 saturated heterocycles. The average molecular weight is 290 g/mol. The molecule has 1 aliphatic heterocycles. The zero-order valence-electron chi connectivity index (χ0n) is 13.6. The first-order valence-corrected chi connectivity index (χ1v) is 8.79. The Balaban J connectivity index is 1.46. The summed E-state index contributed by atoms with van der Waals surface area (Å²) in [6.07, 6.45) is 6.54. The van der Waals surface area contributed by atoms with Crippen LogP contribution in [-0.2, 0) is 19.5 Å². The van der Waals surface area contributed by atoms with E-state index in [1.165, 1.54) is 56.7 Å². The van der Waals surface area contributed by atoms with Crippen LogP contribution in [0.25, 0.3) is 0 Å². The highest BCUT2D eigenvalue weighted by molar-refractivity contribution is 5.10. The van der Waals surface area contributed by atoms with Crippen molar-refractivity contribution in [2.45, 2.75) is 65.1 Å². The van der Waals surface area contributed by atoms with Crippen molar-refractivity contribution in [2.75, 3.05) is 19.6 Å². The Kier molecular flexibility index (Phi) is 4.96. The van der Waals surface area contributed by atoms with Crippen LogP contribution < -0.4 is 5.32 Å². The fourth-order valence-electron chi connectivity index (χ4n) is 3.29. The van der Waals surface area contributed by atoms with E-state index in [0.29, 0.717) is 0 Å². The third-order valence-electron chi connectivity index (χ3n) is 4.94. The Morgan fingerprint density at radius 3 is 2.57 bits per heavy atom. The molecular formula is C17H30N4. The lowest BCUT2D eigenvalue weighted by molar-refractivity contribution is 0.171. The summed E-state index contributed by atoms with van der Waals surface area (Å²) in [5, 5.41) is 8.35. The molecule has 2 heterocycles. The number of aryl methyl sites for hydroxylation is 2. The van der Waals surface area contributed by atoms with Crippen molar-refractivity contribution >= 4 is 0 Å². The van der Waals surface area contributed by atoms with Gasteiger partial charge in [0.15, 0.2) is 0 Å². The maximum Gasteiger partial charge on any atom is 0.0625 e. The molecule has 0 radical (unpaired) electrons. The topological polar surface area (TPSA) is 33.1 Å². The second-order valence-electron chi connectivity index (χ2n) is 6.70. The van der Waals surface area contributed by atoms with Gasteiger partial charge in [0.05, 0.1) is 11.4 Å². The van der Waals surface area contributed by atoms with Crippen LogP contribution >= 0.6 is 0 Å². The van der Waals surface area contributed by atoms with Gasteiger partial charge in [-0.2, -0.15) is 5.10 Å². The highest BCUT2D eigenvalue weighted by atomic mass is 15.3. The Morgan fingerprint density at radius 1 is 1.19 bits per heavy atom. The lowest BCUT2D eigenvalue weighted by atomic mass is 9.96. The van der Waals surface area contributed by atoms with Crippen LogP contribution in [0.4, 0.5) is 0 Å². The average Bonchev–Trinajstić information content (AvgIpc) is 3.26. The van der Waals surface area contributed by atoms with Crippen LogP contribution in [0, 0.1) is 5.92 Å². The van der Waals surface area contributed by atoms with E-state index in [0.717, 1.165) is 31.5 Å². The second kappa shape index (κ2) is 6.93. The van der Waals surface area contributed by atoms with E-state index in [4.69, 9.17) is 0 Å². The molecule has 1 aromatic rings. The van der Waals surface area contributed by atoms with Crippen molar-refractivity contribution in [3.05, 3.63) is 17.5 Å². The number of piperidine rings is 1. The lowest BCUT2D eigenvalue weighted by Crippen LogP contribution is -2.37. The first-order chi connectivity index (χ1) is 10.3. The molecule has 0 atom stereocenters. The number of aromatic nitrogens is 2. The molecule has 3 rings (SSSR count). The van der Waals surface area contributed by atoms with Crippen molar-refractivity contribution < 1.29 is 0 Å². The Bertz CT molecular complexity index is 442. The molecule has 1 aromatic heterocycles. The second-order valence-corrected chi connectivity index (χ2v) is 6.70. The molecule has 2 fully saturated rings. The SMILES string of the molecule is CCc1cc(CN2CCC(CNC3CC3)CC2)n(CC)n1. The molecule has 1 aliphatic carbocycles. The summed E-state index contributed by atoms with van der Waals surface area (Å²) in [6, 6.07) is 3.15. The molecule has 0 unspecified atom stereocenters. The van der Waals surface area contributed by atoms with E-state index >= 15 is 0 Å². The molecule has 1 saturated carbocycles. The van der Waals surface area contributed by atoms with E-state index in [-0.39, 0.29) is 0 Å². The molecule has 0 spiro atoms. The maximum absolute atomic E-state index is 4.66. The van der Waals surface area contributed by atoms with Gasteiger partial charge in [0, 0.05) is 19.1 Å². The maximum atomic E-state index is 4.66. The summed E-state index contributed by atoms with van der Waals surface area (Å²) < 4.78 is 2.18. The van der Waals surface area contributed by atoms with Gasteiger partial charge in [-0.25, -0.2) is 0 Å². The van der Waals surface area contributed by atoms with Crippen molar-refractivity contribution in [3.8, 4) is 0 Å². The van der Waals surface area contributed by atoms with Gasteiger partial charge in [0.2, 0.25) is 0 Å². The fourth-order valence-corrected chi connectivity index (χ4v) is 3.29. The Labute approximate surface area is 128 Å². The third kappa shape index (κ3) is 4.07. The number of hydrogen-bond acceptors (Lipinski definition) is 3. The van der Waals surface area contributed by atoms with E-state index < -0.39 is 0 Å². The molecule has 21 heavy (non-hydrogen) atoms. The third-order valence-corrected chi connectivity index (χ3v) is 4.94. The van der Waals surface area contributed by atoms with Crippen molar-refractivity contribution in [3.63, 3.8) is 0 Å². The number of rotatable bonds is 7. The van der Waals surface area contributed by atoms with E-state index in [9.17, 15) is 0 Å². The summed E-state index contributed by atoms with van der Waals surface area (Å²) in [4.78, 5) is 2.61. The molecule has 4 nitrogen and oxygen atoms in total. The van der Waals surface area contributed by atoms with Crippen LogP contribution in [0.5, 0.6) is 0 Å². The van der Waals surface area contributed by atoms with Crippen LogP contribution in [0.1, 0.15) is 50.9 Å². The minimum Gasteiger partial charge on any atom is -0.314 e. The molecule has 118 valence electrons. The summed E-state index contributed by atoms with van der Waals surface area (Å²) in [5.41, 5.74) is 2.62. The van der Waals surface area contributed by atoms with E-state index in [1.54, 1.807) is 0 Å². The van der Waals surface area contributed by atoms with Crippen LogP contribution in [0.3, 0.4) is 0 Å². The fraction of sp³-hybridized carbons (Fsp3) is 0.824. The Morgan fingerprint density at radius 2 is 1.95 bits per heavy atom.